The smallest absolute Gasteiger partial charge is 0.318 e. The molecule has 0 atom stereocenters. The zero-order chi connectivity index (χ0) is 20.4. The van der Waals surface area contributed by atoms with Crippen molar-refractivity contribution in [3.8, 4) is 0 Å². The maximum atomic E-state index is 12.8. The maximum absolute atomic E-state index is 12.8. The lowest BCUT2D eigenvalue weighted by Gasteiger charge is -2.19. The largest absolute Gasteiger partial charge is 0.416 e. The van der Waals surface area contributed by atoms with Crippen LogP contribution in [-0.4, -0.2) is 11.8 Å². The van der Waals surface area contributed by atoms with Gasteiger partial charge in [0.1, 0.15) is 0 Å². The van der Waals surface area contributed by atoms with Crippen LogP contribution in [0.25, 0.3) is 0 Å². The lowest BCUT2D eigenvalue weighted by Crippen LogP contribution is -2.29. The molecular formula is C19H18ClF3N2O2. The molecule has 0 unspecified atom stereocenters. The van der Waals surface area contributed by atoms with Gasteiger partial charge in [-0.2, -0.15) is 13.2 Å². The summed E-state index contributed by atoms with van der Waals surface area (Å²) in [6.45, 7) is 6.10. The minimum Gasteiger partial charge on any atom is -0.318 e. The zero-order valence-corrected chi connectivity index (χ0v) is 15.6. The average molecular weight is 399 g/mol. The standard InChI is InChI=1S/C19H18ClF3N2O2/c1-18(2,3)11-4-7-13(8-5-11)24-16(26)17(27)25-15-10-12(19(21,22)23)6-9-14(15)20/h4-10H,1-3H3,(H,24,26)(H,25,27). The second-order valence-corrected chi connectivity index (χ2v) is 7.34. The van der Waals surface area contributed by atoms with Crippen LogP contribution in [0.15, 0.2) is 42.5 Å². The number of benzene rings is 2. The summed E-state index contributed by atoms with van der Waals surface area (Å²) in [5.41, 5.74) is 0.0780. The predicted octanol–water partition coefficient (Wildman–Crippen LogP) is 5.23. The highest BCUT2D eigenvalue weighted by atomic mass is 35.5. The number of halogens is 4. The molecule has 8 heteroatoms. The van der Waals surface area contributed by atoms with Gasteiger partial charge >= 0.3 is 18.0 Å². The van der Waals surface area contributed by atoms with Crippen LogP contribution in [0.5, 0.6) is 0 Å². The van der Waals surface area contributed by atoms with E-state index in [0.717, 1.165) is 17.7 Å². The van der Waals surface area contributed by atoms with Crippen molar-refractivity contribution in [2.45, 2.75) is 32.4 Å². The zero-order valence-electron chi connectivity index (χ0n) is 14.9. The number of rotatable bonds is 2. The van der Waals surface area contributed by atoms with Crippen LogP contribution >= 0.6 is 11.6 Å². The third-order valence-corrected chi connectivity index (χ3v) is 4.09. The van der Waals surface area contributed by atoms with E-state index in [9.17, 15) is 22.8 Å². The van der Waals surface area contributed by atoms with Gasteiger partial charge in [-0.3, -0.25) is 9.59 Å². The summed E-state index contributed by atoms with van der Waals surface area (Å²) in [7, 11) is 0. The molecular weight excluding hydrogens is 381 g/mol. The van der Waals surface area contributed by atoms with Crippen LogP contribution in [0.3, 0.4) is 0 Å². The van der Waals surface area contributed by atoms with Gasteiger partial charge in [0.05, 0.1) is 16.3 Å². The number of nitrogens with one attached hydrogen (secondary N) is 2. The van der Waals surface area contributed by atoms with E-state index in [-0.39, 0.29) is 16.1 Å². The molecule has 0 aromatic heterocycles. The molecule has 0 saturated carbocycles. The lowest BCUT2D eigenvalue weighted by atomic mass is 9.87. The molecule has 144 valence electrons. The van der Waals surface area contributed by atoms with E-state index in [1.807, 2.05) is 32.9 Å². The number of hydrogen-bond acceptors (Lipinski definition) is 2. The van der Waals surface area contributed by atoms with Gasteiger partial charge in [0.15, 0.2) is 0 Å². The molecule has 4 nitrogen and oxygen atoms in total. The van der Waals surface area contributed by atoms with Crippen molar-refractivity contribution in [1.82, 2.24) is 0 Å². The molecule has 2 amide bonds. The Kier molecular flexibility index (Phi) is 5.85. The molecule has 0 fully saturated rings. The predicted molar refractivity (Wildman–Crippen MR) is 98.9 cm³/mol. The summed E-state index contributed by atoms with van der Waals surface area (Å²) >= 11 is 5.80. The molecule has 0 spiro atoms. The van der Waals surface area contributed by atoms with E-state index in [2.05, 4.69) is 10.6 Å². The highest BCUT2D eigenvalue weighted by Crippen LogP contribution is 2.33. The highest BCUT2D eigenvalue weighted by Gasteiger charge is 2.31. The molecule has 2 rings (SSSR count). The SMILES string of the molecule is CC(C)(C)c1ccc(NC(=O)C(=O)Nc2cc(C(F)(F)F)ccc2Cl)cc1. The summed E-state index contributed by atoms with van der Waals surface area (Å²) in [5.74, 6) is -2.15. The van der Waals surface area contributed by atoms with Crippen molar-refractivity contribution in [2.24, 2.45) is 0 Å². The first kappa shape index (κ1) is 20.8. The molecule has 0 aliphatic rings. The molecule has 2 N–H and O–H groups in total. The molecule has 0 aliphatic carbocycles. The number of anilines is 2. The van der Waals surface area contributed by atoms with Crippen LogP contribution in [-0.2, 0) is 21.2 Å². The minimum absolute atomic E-state index is 0.0693. The van der Waals surface area contributed by atoms with Crippen LogP contribution < -0.4 is 10.6 Å². The van der Waals surface area contributed by atoms with Gasteiger partial charge in [0, 0.05) is 5.69 Å². The van der Waals surface area contributed by atoms with Crippen LogP contribution in [0.1, 0.15) is 31.9 Å². The van der Waals surface area contributed by atoms with E-state index in [1.54, 1.807) is 12.1 Å². The van der Waals surface area contributed by atoms with Crippen molar-refractivity contribution < 1.29 is 22.8 Å². The van der Waals surface area contributed by atoms with E-state index in [0.29, 0.717) is 11.8 Å². The molecule has 0 radical (unpaired) electrons. The normalized spacial score (nSPS) is 11.8. The molecule has 0 bridgehead atoms. The van der Waals surface area contributed by atoms with Crippen LogP contribution in [0.2, 0.25) is 5.02 Å². The Morgan fingerprint density at radius 3 is 1.89 bits per heavy atom. The molecule has 2 aromatic carbocycles. The molecule has 27 heavy (non-hydrogen) atoms. The maximum Gasteiger partial charge on any atom is 0.416 e. The summed E-state index contributed by atoms with van der Waals surface area (Å²) in [4.78, 5) is 24.0. The fraction of sp³-hybridized carbons (Fsp3) is 0.263. The van der Waals surface area contributed by atoms with Crippen LogP contribution in [0, 0.1) is 0 Å². The number of carbonyl (C=O) groups excluding carboxylic acids is 2. The van der Waals surface area contributed by atoms with E-state index >= 15 is 0 Å². The van der Waals surface area contributed by atoms with Crippen molar-refractivity contribution in [3.63, 3.8) is 0 Å². The van der Waals surface area contributed by atoms with Crippen molar-refractivity contribution in [3.05, 3.63) is 58.6 Å². The van der Waals surface area contributed by atoms with Gasteiger partial charge in [0.25, 0.3) is 0 Å². The fourth-order valence-electron chi connectivity index (χ4n) is 2.22. The van der Waals surface area contributed by atoms with Crippen molar-refractivity contribution in [1.29, 1.82) is 0 Å². The first-order valence-corrected chi connectivity index (χ1v) is 8.35. The van der Waals surface area contributed by atoms with E-state index in [1.165, 1.54) is 0 Å². The Morgan fingerprint density at radius 2 is 1.37 bits per heavy atom. The quantitative estimate of drug-likeness (QED) is 0.680. The molecule has 0 aliphatic heterocycles. The molecule has 0 saturated heterocycles. The Hall–Kier alpha value is -2.54. The fourth-order valence-corrected chi connectivity index (χ4v) is 2.38. The van der Waals surface area contributed by atoms with E-state index in [4.69, 9.17) is 11.6 Å². The molecule has 0 heterocycles. The topological polar surface area (TPSA) is 58.2 Å². The number of amides is 2. The minimum atomic E-state index is -4.60. The average Bonchev–Trinajstić information content (AvgIpc) is 2.55. The summed E-state index contributed by atoms with van der Waals surface area (Å²) in [6, 6.07) is 9.38. The number of hydrogen-bond donors (Lipinski definition) is 2. The number of alkyl halides is 3. The van der Waals surface area contributed by atoms with Gasteiger partial charge < -0.3 is 10.6 Å². The Morgan fingerprint density at radius 1 is 0.852 bits per heavy atom. The third-order valence-electron chi connectivity index (χ3n) is 3.76. The van der Waals surface area contributed by atoms with Gasteiger partial charge in [-0.1, -0.05) is 44.5 Å². The van der Waals surface area contributed by atoms with Crippen LogP contribution in [0.4, 0.5) is 24.5 Å². The first-order chi connectivity index (χ1) is 12.4. The Labute approximate surface area is 159 Å². The third kappa shape index (κ3) is 5.47. The summed E-state index contributed by atoms with van der Waals surface area (Å²) < 4.78 is 38.3. The second-order valence-electron chi connectivity index (χ2n) is 6.93. The highest BCUT2D eigenvalue weighted by molar-refractivity contribution is 6.44. The molecule has 2 aromatic rings. The summed E-state index contributed by atoms with van der Waals surface area (Å²) in [6.07, 6.45) is -4.60. The van der Waals surface area contributed by atoms with Gasteiger partial charge in [-0.25, -0.2) is 0 Å². The van der Waals surface area contributed by atoms with Gasteiger partial charge in [0.2, 0.25) is 0 Å². The Bertz CT molecular complexity index is 857. The number of carbonyl (C=O) groups is 2. The summed E-state index contributed by atoms with van der Waals surface area (Å²) in [5, 5.41) is 4.37. The second kappa shape index (κ2) is 7.60. The lowest BCUT2D eigenvalue weighted by molar-refractivity contribution is -0.137. The monoisotopic (exact) mass is 398 g/mol. The van der Waals surface area contributed by atoms with Gasteiger partial charge in [-0.05, 0) is 41.3 Å². The van der Waals surface area contributed by atoms with Gasteiger partial charge in [-0.15, -0.1) is 0 Å². The first-order valence-electron chi connectivity index (χ1n) is 7.97. The van der Waals surface area contributed by atoms with Crippen molar-refractivity contribution >= 4 is 34.8 Å². The van der Waals surface area contributed by atoms with E-state index < -0.39 is 23.6 Å². The Balaban J connectivity index is 2.09. The van der Waals surface area contributed by atoms with Crippen molar-refractivity contribution in [2.75, 3.05) is 10.6 Å².